The molecule has 0 bridgehead atoms. The SMILES string of the molecule is C=CCN(C(=O)CC1(CS)CC1)C(C)(C)C. The van der Waals surface area contributed by atoms with Crippen LogP contribution >= 0.6 is 12.6 Å². The van der Waals surface area contributed by atoms with Crippen LogP contribution in [0.15, 0.2) is 12.7 Å². The molecule has 1 aliphatic carbocycles. The van der Waals surface area contributed by atoms with Gasteiger partial charge in [-0.3, -0.25) is 4.79 Å². The number of hydrogen-bond acceptors (Lipinski definition) is 2. The summed E-state index contributed by atoms with van der Waals surface area (Å²) in [6.07, 6.45) is 4.73. The number of rotatable bonds is 5. The Morgan fingerprint density at radius 1 is 1.50 bits per heavy atom. The van der Waals surface area contributed by atoms with Crippen LogP contribution in [0.25, 0.3) is 0 Å². The van der Waals surface area contributed by atoms with E-state index in [1.165, 1.54) is 0 Å². The van der Waals surface area contributed by atoms with E-state index in [4.69, 9.17) is 0 Å². The first-order valence-electron chi connectivity index (χ1n) is 5.87. The van der Waals surface area contributed by atoms with Crippen LogP contribution in [-0.4, -0.2) is 28.6 Å². The maximum absolute atomic E-state index is 12.2. The minimum Gasteiger partial charge on any atom is -0.334 e. The van der Waals surface area contributed by atoms with Gasteiger partial charge in [0.15, 0.2) is 0 Å². The van der Waals surface area contributed by atoms with E-state index in [-0.39, 0.29) is 16.9 Å². The summed E-state index contributed by atoms with van der Waals surface area (Å²) in [4.78, 5) is 14.1. The molecule has 1 fully saturated rings. The van der Waals surface area contributed by atoms with Crippen molar-refractivity contribution < 1.29 is 4.79 Å². The molecule has 0 N–H and O–H groups in total. The molecular formula is C13H23NOS. The zero-order chi connectivity index (χ0) is 12.4. The number of carbonyl (C=O) groups is 1. The first-order valence-corrected chi connectivity index (χ1v) is 6.50. The quantitative estimate of drug-likeness (QED) is 0.579. The van der Waals surface area contributed by atoms with Crippen molar-refractivity contribution in [2.75, 3.05) is 12.3 Å². The second-order valence-corrected chi connectivity index (χ2v) is 6.11. The Morgan fingerprint density at radius 2 is 2.06 bits per heavy atom. The number of amides is 1. The van der Waals surface area contributed by atoms with Gasteiger partial charge < -0.3 is 4.90 Å². The predicted octanol–water partition coefficient (Wildman–Crippen LogP) is 2.90. The van der Waals surface area contributed by atoms with E-state index in [1.807, 2.05) is 4.90 Å². The second-order valence-electron chi connectivity index (χ2n) is 5.80. The third-order valence-electron chi connectivity index (χ3n) is 3.24. The molecule has 0 radical (unpaired) electrons. The molecule has 0 saturated heterocycles. The molecule has 92 valence electrons. The zero-order valence-corrected chi connectivity index (χ0v) is 11.5. The lowest BCUT2D eigenvalue weighted by Gasteiger charge is -2.36. The Hall–Kier alpha value is -0.440. The van der Waals surface area contributed by atoms with Crippen molar-refractivity contribution in [2.45, 2.75) is 45.6 Å². The first-order chi connectivity index (χ1) is 7.34. The Labute approximate surface area is 104 Å². The van der Waals surface area contributed by atoms with Gasteiger partial charge in [-0.05, 0) is 44.8 Å². The van der Waals surface area contributed by atoms with E-state index in [9.17, 15) is 4.79 Å². The van der Waals surface area contributed by atoms with Gasteiger partial charge in [0.1, 0.15) is 0 Å². The van der Waals surface area contributed by atoms with E-state index in [1.54, 1.807) is 6.08 Å². The monoisotopic (exact) mass is 241 g/mol. The lowest BCUT2D eigenvalue weighted by molar-refractivity contribution is -0.136. The van der Waals surface area contributed by atoms with E-state index >= 15 is 0 Å². The predicted molar refractivity (Wildman–Crippen MR) is 71.8 cm³/mol. The molecular weight excluding hydrogens is 218 g/mol. The summed E-state index contributed by atoms with van der Waals surface area (Å²) >= 11 is 4.34. The lowest BCUT2D eigenvalue weighted by Crippen LogP contribution is -2.46. The van der Waals surface area contributed by atoms with Crippen molar-refractivity contribution in [1.82, 2.24) is 4.90 Å². The van der Waals surface area contributed by atoms with Crippen LogP contribution in [0, 0.1) is 5.41 Å². The van der Waals surface area contributed by atoms with Crippen LogP contribution in [0.3, 0.4) is 0 Å². The van der Waals surface area contributed by atoms with Crippen molar-refractivity contribution in [2.24, 2.45) is 5.41 Å². The topological polar surface area (TPSA) is 20.3 Å². The fraction of sp³-hybridized carbons (Fsp3) is 0.769. The number of nitrogens with zero attached hydrogens (tertiary/aromatic N) is 1. The second kappa shape index (κ2) is 4.82. The standard InChI is InChI=1S/C13H23NOS/c1-5-8-14(12(2,3)4)11(15)9-13(10-16)6-7-13/h5,16H,1,6-10H2,2-4H3. The molecule has 0 aromatic rings. The van der Waals surface area contributed by atoms with E-state index < -0.39 is 0 Å². The van der Waals surface area contributed by atoms with Crippen molar-refractivity contribution in [3.8, 4) is 0 Å². The summed E-state index contributed by atoms with van der Waals surface area (Å²) in [5.74, 6) is 1.06. The van der Waals surface area contributed by atoms with Crippen molar-refractivity contribution in [3.63, 3.8) is 0 Å². The average Bonchev–Trinajstić information content (AvgIpc) is 2.93. The summed E-state index contributed by atoms with van der Waals surface area (Å²) in [6.45, 7) is 10.5. The van der Waals surface area contributed by atoms with Gasteiger partial charge in [-0.2, -0.15) is 12.6 Å². The molecule has 3 heteroatoms. The van der Waals surface area contributed by atoms with Crippen LogP contribution in [-0.2, 0) is 4.79 Å². The highest BCUT2D eigenvalue weighted by molar-refractivity contribution is 7.80. The Bertz CT molecular complexity index is 276. The smallest absolute Gasteiger partial charge is 0.223 e. The molecule has 1 aliphatic rings. The van der Waals surface area contributed by atoms with E-state index in [0.29, 0.717) is 13.0 Å². The third-order valence-corrected chi connectivity index (χ3v) is 3.91. The van der Waals surface area contributed by atoms with Gasteiger partial charge in [0.25, 0.3) is 0 Å². The number of thiol groups is 1. The molecule has 0 heterocycles. The fourth-order valence-electron chi connectivity index (χ4n) is 1.86. The molecule has 0 aromatic heterocycles. The molecule has 0 spiro atoms. The molecule has 1 saturated carbocycles. The molecule has 0 aromatic carbocycles. The van der Waals surface area contributed by atoms with Gasteiger partial charge in [-0.1, -0.05) is 6.08 Å². The van der Waals surface area contributed by atoms with Crippen LogP contribution in [0.1, 0.15) is 40.0 Å². The zero-order valence-electron chi connectivity index (χ0n) is 10.6. The Balaban J connectivity index is 2.64. The minimum atomic E-state index is -0.127. The van der Waals surface area contributed by atoms with Crippen molar-refractivity contribution >= 4 is 18.5 Å². The van der Waals surface area contributed by atoms with Gasteiger partial charge in [-0.25, -0.2) is 0 Å². The summed E-state index contributed by atoms with van der Waals surface area (Å²) in [7, 11) is 0. The first kappa shape index (κ1) is 13.6. The molecule has 1 amide bonds. The summed E-state index contributed by atoms with van der Waals surface area (Å²) in [5.41, 5.74) is 0.0722. The van der Waals surface area contributed by atoms with Gasteiger partial charge in [0, 0.05) is 18.5 Å². The van der Waals surface area contributed by atoms with Crippen molar-refractivity contribution in [3.05, 3.63) is 12.7 Å². The highest BCUT2D eigenvalue weighted by Crippen LogP contribution is 2.50. The van der Waals surface area contributed by atoms with Crippen molar-refractivity contribution in [1.29, 1.82) is 0 Å². The minimum absolute atomic E-state index is 0.127. The Morgan fingerprint density at radius 3 is 2.38 bits per heavy atom. The highest BCUT2D eigenvalue weighted by atomic mass is 32.1. The van der Waals surface area contributed by atoms with E-state index in [2.05, 4.69) is 40.0 Å². The normalized spacial score (nSPS) is 18.0. The number of carbonyl (C=O) groups excluding carboxylic acids is 1. The molecule has 2 nitrogen and oxygen atoms in total. The highest BCUT2D eigenvalue weighted by Gasteiger charge is 2.44. The van der Waals surface area contributed by atoms with Crippen LogP contribution in [0.4, 0.5) is 0 Å². The maximum atomic E-state index is 12.2. The van der Waals surface area contributed by atoms with Crippen LogP contribution < -0.4 is 0 Å². The molecule has 1 rings (SSSR count). The van der Waals surface area contributed by atoms with Crippen LogP contribution in [0.2, 0.25) is 0 Å². The number of hydrogen-bond donors (Lipinski definition) is 1. The third kappa shape index (κ3) is 3.27. The van der Waals surface area contributed by atoms with Gasteiger partial charge in [0.2, 0.25) is 5.91 Å². The fourth-order valence-corrected chi connectivity index (χ4v) is 2.29. The lowest BCUT2D eigenvalue weighted by atomic mass is 10.00. The summed E-state index contributed by atoms with van der Waals surface area (Å²) in [5, 5.41) is 0. The molecule has 16 heavy (non-hydrogen) atoms. The molecule has 0 atom stereocenters. The largest absolute Gasteiger partial charge is 0.334 e. The van der Waals surface area contributed by atoms with Crippen LogP contribution in [0.5, 0.6) is 0 Å². The van der Waals surface area contributed by atoms with Gasteiger partial charge in [0.05, 0.1) is 0 Å². The average molecular weight is 241 g/mol. The maximum Gasteiger partial charge on any atom is 0.223 e. The molecule has 0 aliphatic heterocycles. The molecule has 0 unspecified atom stereocenters. The van der Waals surface area contributed by atoms with E-state index in [0.717, 1.165) is 18.6 Å². The van der Waals surface area contributed by atoms with Gasteiger partial charge in [-0.15, -0.1) is 6.58 Å². The van der Waals surface area contributed by atoms with Gasteiger partial charge >= 0.3 is 0 Å². The summed E-state index contributed by atoms with van der Waals surface area (Å²) < 4.78 is 0. The Kier molecular flexibility index (Phi) is 4.11. The summed E-state index contributed by atoms with van der Waals surface area (Å²) in [6, 6.07) is 0.